The van der Waals surface area contributed by atoms with E-state index in [0.29, 0.717) is 50.3 Å². The maximum absolute atomic E-state index is 13.1. The van der Waals surface area contributed by atoms with Crippen molar-refractivity contribution in [3.8, 4) is 5.75 Å². The Bertz CT molecular complexity index is 1090. The van der Waals surface area contributed by atoms with Gasteiger partial charge in [-0.3, -0.25) is 4.79 Å². The SMILES string of the molecule is CC[C@@H]1C(=O)N(C)c2cnc(Nc3ccccc3OCCOCCOC3CCNCC3)nc2N1C1CCCC1. The highest BCUT2D eigenvalue weighted by Crippen LogP contribution is 2.40. The quantitative estimate of drug-likeness (QED) is 0.390. The van der Waals surface area contributed by atoms with E-state index in [2.05, 4.69) is 27.4 Å². The van der Waals surface area contributed by atoms with Gasteiger partial charge in [0.2, 0.25) is 11.9 Å². The molecule has 5 rings (SSSR count). The second kappa shape index (κ2) is 13.4. The highest BCUT2D eigenvalue weighted by Gasteiger charge is 2.41. The molecule has 0 radical (unpaired) electrons. The van der Waals surface area contributed by atoms with Gasteiger partial charge in [0, 0.05) is 13.1 Å². The molecule has 1 amide bonds. The number of rotatable bonds is 12. The van der Waals surface area contributed by atoms with Gasteiger partial charge >= 0.3 is 0 Å². The number of piperidine rings is 1. The van der Waals surface area contributed by atoms with Gasteiger partial charge in [0.1, 0.15) is 24.1 Å². The van der Waals surface area contributed by atoms with Crippen LogP contribution in [0.15, 0.2) is 30.5 Å². The van der Waals surface area contributed by atoms with Crippen molar-refractivity contribution in [1.82, 2.24) is 15.3 Å². The molecule has 2 aromatic rings. The molecule has 2 N–H and O–H groups in total. The van der Waals surface area contributed by atoms with Crippen molar-refractivity contribution in [2.45, 2.75) is 70.1 Å². The third kappa shape index (κ3) is 6.62. The number of hydrogen-bond donors (Lipinski definition) is 2. The average Bonchev–Trinajstić information content (AvgIpc) is 3.50. The Kier molecular flexibility index (Phi) is 9.49. The van der Waals surface area contributed by atoms with Crippen LogP contribution in [-0.2, 0) is 14.3 Å². The van der Waals surface area contributed by atoms with Crippen molar-refractivity contribution in [1.29, 1.82) is 0 Å². The molecule has 0 bridgehead atoms. The first-order chi connectivity index (χ1) is 19.2. The molecule has 0 unspecified atom stereocenters. The fraction of sp³-hybridized carbons (Fsp3) is 0.621. The maximum Gasteiger partial charge on any atom is 0.249 e. The summed E-state index contributed by atoms with van der Waals surface area (Å²) in [6, 6.07) is 7.89. The Morgan fingerprint density at radius 3 is 2.62 bits per heavy atom. The second-order valence-electron chi connectivity index (χ2n) is 10.5. The average molecular weight is 539 g/mol. The second-order valence-corrected chi connectivity index (χ2v) is 10.5. The van der Waals surface area contributed by atoms with E-state index in [1.54, 1.807) is 11.1 Å². The topological polar surface area (TPSA) is 101 Å². The number of hydrogen-bond acceptors (Lipinski definition) is 9. The standard InChI is InChI=1S/C29H42N6O4/c1-3-24-28(36)34(2)25-20-31-29(33-27(25)35(24)21-8-4-5-9-21)32-23-10-6-7-11-26(23)39-19-17-37-16-18-38-22-12-14-30-15-13-22/h6-7,10-11,20-22,24,30H,3-5,8-9,12-19H2,1-2H3,(H,31,32,33)/t24-/m1/s1. The first-order valence-corrected chi connectivity index (χ1v) is 14.5. The molecule has 212 valence electrons. The number of anilines is 4. The van der Waals surface area contributed by atoms with Crippen molar-refractivity contribution in [2.24, 2.45) is 0 Å². The maximum atomic E-state index is 13.1. The molecule has 1 aliphatic carbocycles. The number of likely N-dealkylation sites (N-methyl/N-ethyl adjacent to an activating group) is 1. The van der Waals surface area contributed by atoms with Crippen LogP contribution in [0.5, 0.6) is 5.75 Å². The Balaban J connectivity index is 1.20. The molecule has 3 aliphatic rings. The van der Waals surface area contributed by atoms with Gasteiger partial charge in [-0.2, -0.15) is 4.98 Å². The van der Waals surface area contributed by atoms with Crippen LogP contribution in [0, 0.1) is 0 Å². The van der Waals surface area contributed by atoms with Crippen molar-refractivity contribution in [3.05, 3.63) is 30.5 Å². The monoisotopic (exact) mass is 538 g/mol. The fourth-order valence-electron chi connectivity index (χ4n) is 5.81. The van der Waals surface area contributed by atoms with Crippen molar-refractivity contribution >= 4 is 29.0 Å². The molecule has 10 nitrogen and oxygen atoms in total. The molecule has 2 fully saturated rings. The van der Waals surface area contributed by atoms with Gasteiger partial charge in [-0.25, -0.2) is 4.98 Å². The number of para-hydroxylation sites is 2. The molecule has 1 aromatic carbocycles. The summed E-state index contributed by atoms with van der Waals surface area (Å²) in [5.74, 6) is 2.13. The van der Waals surface area contributed by atoms with Gasteiger partial charge in [-0.05, 0) is 57.3 Å². The number of nitrogens with zero attached hydrogens (tertiary/aromatic N) is 4. The van der Waals surface area contributed by atoms with E-state index in [1.807, 2.05) is 31.3 Å². The van der Waals surface area contributed by atoms with Crippen LogP contribution < -0.4 is 25.2 Å². The lowest BCUT2D eigenvalue weighted by Crippen LogP contribution is -2.55. The fourth-order valence-corrected chi connectivity index (χ4v) is 5.81. The number of nitrogens with one attached hydrogen (secondary N) is 2. The minimum atomic E-state index is -0.200. The first kappa shape index (κ1) is 27.6. The Morgan fingerprint density at radius 1 is 1.05 bits per heavy atom. The van der Waals surface area contributed by atoms with Gasteiger partial charge in [0.25, 0.3) is 0 Å². The summed E-state index contributed by atoms with van der Waals surface area (Å²) in [5.41, 5.74) is 1.54. The predicted octanol–water partition coefficient (Wildman–Crippen LogP) is 3.89. The van der Waals surface area contributed by atoms with Gasteiger partial charge < -0.3 is 34.6 Å². The van der Waals surface area contributed by atoms with E-state index in [4.69, 9.17) is 19.2 Å². The van der Waals surface area contributed by atoms with Crippen LogP contribution in [0.25, 0.3) is 0 Å². The Labute approximate surface area is 231 Å². The molecule has 39 heavy (non-hydrogen) atoms. The minimum absolute atomic E-state index is 0.111. The minimum Gasteiger partial charge on any atom is -0.489 e. The van der Waals surface area contributed by atoms with E-state index in [-0.39, 0.29) is 11.9 Å². The molecule has 1 aromatic heterocycles. The number of benzene rings is 1. The molecular formula is C29H42N6O4. The summed E-state index contributed by atoms with van der Waals surface area (Å²) >= 11 is 0. The summed E-state index contributed by atoms with van der Waals surface area (Å²) in [4.78, 5) is 26.6. The van der Waals surface area contributed by atoms with E-state index in [9.17, 15) is 4.79 Å². The number of fused-ring (bicyclic) bond motifs is 1. The lowest BCUT2D eigenvalue weighted by atomic mass is 10.0. The van der Waals surface area contributed by atoms with Gasteiger partial charge in [0.05, 0.1) is 37.8 Å². The van der Waals surface area contributed by atoms with Crippen LogP contribution >= 0.6 is 0 Å². The number of carbonyl (C=O) groups is 1. The van der Waals surface area contributed by atoms with Crippen LogP contribution in [0.2, 0.25) is 0 Å². The smallest absolute Gasteiger partial charge is 0.249 e. The zero-order chi connectivity index (χ0) is 27.0. The third-order valence-corrected chi connectivity index (χ3v) is 7.90. The van der Waals surface area contributed by atoms with Crippen molar-refractivity contribution < 1.29 is 19.0 Å². The van der Waals surface area contributed by atoms with Crippen molar-refractivity contribution in [3.63, 3.8) is 0 Å². The predicted molar refractivity (Wildman–Crippen MR) is 152 cm³/mol. The lowest BCUT2D eigenvalue weighted by Gasteiger charge is -2.43. The zero-order valence-electron chi connectivity index (χ0n) is 23.2. The lowest BCUT2D eigenvalue weighted by molar-refractivity contribution is -0.120. The summed E-state index contributed by atoms with van der Waals surface area (Å²) in [6.07, 6.45) is 9.51. The molecule has 10 heteroatoms. The zero-order valence-corrected chi connectivity index (χ0v) is 23.2. The summed E-state index contributed by atoms with van der Waals surface area (Å²) < 4.78 is 17.6. The van der Waals surface area contributed by atoms with Crippen LogP contribution in [-0.4, -0.2) is 80.6 Å². The summed E-state index contributed by atoms with van der Waals surface area (Å²) in [7, 11) is 1.82. The highest BCUT2D eigenvalue weighted by atomic mass is 16.5. The van der Waals surface area contributed by atoms with Crippen LogP contribution in [0.3, 0.4) is 0 Å². The largest absolute Gasteiger partial charge is 0.489 e. The van der Waals surface area contributed by atoms with E-state index < -0.39 is 0 Å². The Hall–Kier alpha value is -2.95. The molecule has 3 heterocycles. The van der Waals surface area contributed by atoms with Gasteiger partial charge in [0.15, 0.2) is 5.82 Å². The summed E-state index contributed by atoms with van der Waals surface area (Å²) in [5, 5.41) is 6.69. The molecule has 1 saturated carbocycles. The molecular weight excluding hydrogens is 496 g/mol. The van der Waals surface area contributed by atoms with Gasteiger partial charge in [-0.1, -0.05) is 31.9 Å². The number of ether oxygens (including phenoxy) is 3. The molecule has 0 spiro atoms. The third-order valence-electron chi connectivity index (χ3n) is 7.90. The van der Waals surface area contributed by atoms with Crippen LogP contribution in [0.4, 0.5) is 23.1 Å². The molecule has 2 aliphatic heterocycles. The van der Waals surface area contributed by atoms with Gasteiger partial charge in [-0.15, -0.1) is 0 Å². The summed E-state index contributed by atoms with van der Waals surface area (Å²) in [6.45, 7) is 6.20. The first-order valence-electron chi connectivity index (χ1n) is 14.5. The number of amides is 1. The number of aromatic nitrogens is 2. The normalized spacial score (nSPS) is 20.4. The van der Waals surface area contributed by atoms with E-state index >= 15 is 0 Å². The van der Waals surface area contributed by atoms with Crippen molar-refractivity contribution in [2.75, 3.05) is 61.7 Å². The Morgan fingerprint density at radius 2 is 1.82 bits per heavy atom. The van der Waals surface area contributed by atoms with E-state index in [0.717, 1.165) is 62.4 Å². The highest BCUT2D eigenvalue weighted by molar-refractivity contribution is 6.04. The van der Waals surface area contributed by atoms with E-state index in [1.165, 1.54) is 12.8 Å². The number of carbonyl (C=O) groups excluding carboxylic acids is 1. The van der Waals surface area contributed by atoms with Crippen LogP contribution in [0.1, 0.15) is 51.9 Å². The molecule has 1 saturated heterocycles. The molecule has 1 atom stereocenters.